The summed E-state index contributed by atoms with van der Waals surface area (Å²) in [6.45, 7) is 2.18. The number of hydrogen-bond donors (Lipinski definition) is 2. The molecular formula is C19H18F3IN4O2. The van der Waals surface area contributed by atoms with Gasteiger partial charge in [0.1, 0.15) is 17.7 Å². The number of ether oxygens (including phenoxy) is 1. The van der Waals surface area contributed by atoms with Crippen LogP contribution in [0.25, 0.3) is 11.5 Å². The number of halogens is 4. The van der Waals surface area contributed by atoms with Crippen LogP contribution in [0.1, 0.15) is 11.3 Å². The van der Waals surface area contributed by atoms with Crippen LogP contribution in [0.5, 0.6) is 5.75 Å². The minimum absolute atomic E-state index is 0. The van der Waals surface area contributed by atoms with E-state index >= 15 is 0 Å². The van der Waals surface area contributed by atoms with Crippen LogP contribution < -0.4 is 15.8 Å². The molecule has 29 heavy (non-hydrogen) atoms. The summed E-state index contributed by atoms with van der Waals surface area (Å²) < 4.78 is 45.7. The monoisotopic (exact) mass is 518 g/mol. The van der Waals surface area contributed by atoms with Crippen molar-refractivity contribution in [3.63, 3.8) is 0 Å². The first-order valence-corrected chi connectivity index (χ1v) is 8.23. The molecular weight excluding hydrogens is 500 g/mol. The second-order valence-electron chi connectivity index (χ2n) is 5.91. The van der Waals surface area contributed by atoms with Crippen molar-refractivity contribution in [3.8, 4) is 17.2 Å². The first-order valence-electron chi connectivity index (χ1n) is 8.23. The molecule has 154 valence electrons. The highest BCUT2D eigenvalue weighted by Gasteiger charge is 2.30. The fourth-order valence-electron chi connectivity index (χ4n) is 2.30. The van der Waals surface area contributed by atoms with Gasteiger partial charge in [-0.05, 0) is 43.3 Å². The zero-order valence-corrected chi connectivity index (χ0v) is 17.6. The molecule has 0 fully saturated rings. The van der Waals surface area contributed by atoms with Crippen molar-refractivity contribution < 1.29 is 22.3 Å². The molecule has 0 aliphatic heterocycles. The van der Waals surface area contributed by atoms with Gasteiger partial charge in [0.2, 0.25) is 5.89 Å². The van der Waals surface area contributed by atoms with Crippen molar-refractivity contribution in [2.24, 2.45) is 10.7 Å². The standard InChI is InChI=1S/C19H17F3N4O2.HI/c1-12-2-4-13(5-3-12)17-25-15(11-27-17)10-24-18(23)26-14-6-8-16(9-7-14)28-19(20,21)22;/h2-9,11H,10H2,1H3,(H3,23,24,26);1H. The molecule has 0 aliphatic carbocycles. The van der Waals surface area contributed by atoms with Crippen LogP contribution in [0, 0.1) is 6.92 Å². The Morgan fingerprint density at radius 2 is 1.79 bits per heavy atom. The van der Waals surface area contributed by atoms with E-state index in [1.54, 1.807) is 0 Å². The Hall–Kier alpha value is -2.76. The molecule has 0 aliphatic rings. The number of benzene rings is 2. The van der Waals surface area contributed by atoms with Crippen molar-refractivity contribution in [1.29, 1.82) is 0 Å². The number of oxazole rings is 1. The maximum atomic E-state index is 12.2. The van der Waals surface area contributed by atoms with Gasteiger partial charge in [-0.25, -0.2) is 9.98 Å². The van der Waals surface area contributed by atoms with Gasteiger partial charge in [0.05, 0.1) is 6.54 Å². The number of rotatable bonds is 5. The van der Waals surface area contributed by atoms with E-state index in [0.717, 1.165) is 11.1 Å². The summed E-state index contributed by atoms with van der Waals surface area (Å²) in [6, 6.07) is 12.9. The fraction of sp³-hybridized carbons (Fsp3) is 0.158. The summed E-state index contributed by atoms with van der Waals surface area (Å²) in [7, 11) is 0. The summed E-state index contributed by atoms with van der Waals surface area (Å²) in [5, 5.41) is 2.78. The third-order valence-electron chi connectivity index (χ3n) is 3.62. The van der Waals surface area contributed by atoms with E-state index in [2.05, 4.69) is 20.0 Å². The second kappa shape index (κ2) is 9.63. The lowest BCUT2D eigenvalue weighted by atomic mass is 10.1. The third-order valence-corrected chi connectivity index (χ3v) is 3.62. The quantitative estimate of drug-likeness (QED) is 0.279. The molecule has 1 aromatic heterocycles. The third kappa shape index (κ3) is 6.97. The number of aryl methyl sites for hydroxylation is 1. The van der Waals surface area contributed by atoms with E-state index in [1.807, 2.05) is 31.2 Å². The first kappa shape index (κ1) is 22.5. The molecule has 1 heterocycles. The average Bonchev–Trinajstić information content (AvgIpc) is 3.10. The van der Waals surface area contributed by atoms with Crippen LogP contribution in [0.3, 0.4) is 0 Å². The molecule has 3 aromatic rings. The normalized spacial score (nSPS) is 11.7. The van der Waals surface area contributed by atoms with E-state index in [-0.39, 0.29) is 42.2 Å². The Morgan fingerprint density at radius 1 is 1.14 bits per heavy atom. The van der Waals surface area contributed by atoms with E-state index < -0.39 is 6.36 Å². The van der Waals surface area contributed by atoms with Crippen LogP contribution in [0.15, 0.2) is 64.2 Å². The highest BCUT2D eigenvalue weighted by molar-refractivity contribution is 14.0. The highest BCUT2D eigenvalue weighted by atomic mass is 127. The maximum absolute atomic E-state index is 12.2. The Bertz CT molecular complexity index is 955. The Labute approximate surface area is 182 Å². The number of nitrogens with two attached hydrogens (primary N) is 1. The van der Waals surface area contributed by atoms with Gasteiger partial charge in [-0.1, -0.05) is 17.7 Å². The Kier molecular flexibility index (Phi) is 7.48. The number of nitrogens with one attached hydrogen (secondary N) is 1. The topological polar surface area (TPSA) is 85.7 Å². The molecule has 2 aromatic carbocycles. The fourth-order valence-corrected chi connectivity index (χ4v) is 2.30. The number of aromatic nitrogens is 1. The van der Waals surface area contributed by atoms with E-state index in [4.69, 9.17) is 10.2 Å². The molecule has 0 saturated carbocycles. The van der Waals surface area contributed by atoms with Crippen molar-refractivity contribution in [2.75, 3.05) is 5.32 Å². The Balaban J connectivity index is 0.00000300. The first-order chi connectivity index (χ1) is 13.3. The van der Waals surface area contributed by atoms with Gasteiger partial charge in [-0.2, -0.15) is 0 Å². The van der Waals surface area contributed by atoms with Gasteiger partial charge in [-0.3, -0.25) is 0 Å². The molecule has 3 rings (SSSR count). The van der Waals surface area contributed by atoms with Crippen LogP contribution in [0.4, 0.5) is 18.9 Å². The SMILES string of the molecule is Cc1ccc(-c2nc(CN=C(N)Nc3ccc(OC(F)(F)F)cc3)co2)cc1.I. The highest BCUT2D eigenvalue weighted by Crippen LogP contribution is 2.24. The van der Waals surface area contributed by atoms with Crippen LogP contribution in [-0.4, -0.2) is 17.3 Å². The molecule has 0 unspecified atom stereocenters. The molecule has 0 bridgehead atoms. The van der Waals surface area contributed by atoms with E-state index in [1.165, 1.54) is 30.5 Å². The summed E-state index contributed by atoms with van der Waals surface area (Å²) in [5.74, 6) is 0.251. The lowest BCUT2D eigenvalue weighted by Gasteiger charge is -2.10. The number of aliphatic imine (C=N–C) groups is 1. The molecule has 0 amide bonds. The predicted octanol–water partition coefficient (Wildman–Crippen LogP) is 5.09. The van der Waals surface area contributed by atoms with Crippen LogP contribution in [-0.2, 0) is 6.54 Å². The molecule has 0 saturated heterocycles. The van der Waals surface area contributed by atoms with Crippen molar-refractivity contribution >= 4 is 35.6 Å². The number of guanidine groups is 1. The molecule has 0 spiro atoms. The maximum Gasteiger partial charge on any atom is 0.573 e. The lowest BCUT2D eigenvalue weighted by molar-refractivity contribution is -0.274. The molecule has 3 N–H and O–H groups in total. The summed E-state index contributed by atoms with van der Waals surface area (Å²) in [4.78, 5) is 8.50. The van der Waals surface area contributed by atoms with Crippen LogP contribution in [0.2, 0.25) is 0 Å². The average molecular weight is 518 g/mol. The molecule has 10 heteroatoms. The molecule has 0 atom stereocenters. The minimum atomic E-state index is -4.73. The van der Waals surface area contributed by atoms with Crippen LogP contribution >= 0.6 is 24.0 Å². The van der Waals surface area contributed by atoms with Gasteiger partial charge in [0, 0.05) is 11.3 Å². The van der Waals surface area contributed by atoms with Gasteiger partial charge in [0.25, 0.3) is 0 Å². The lowest BCUT2D eigenvalue weighted by Crippen LogP contribution is -2.22. The number of nitrogens with zero attached hydrogens (tertiary/aromatic N) is 2. The Morgan fingerprint density at radius 3 is 2.41 bits per heavy atom. The summed E-state index contributed by atoms with van der Waals surface area (Å²) >= 11 is 0. The molecule has 0 radical (unpaired) electrons. The predicted molar refractivity (Wildman–Crippen MR) is 114 cm³/mol. The largest absolute Gasteiger partial charge is 0.573 e. The smallest absolute Gasteiger partial charge is 0.444 e. The molecule has 6 nitrogen and oxygen atoms in total. The van der Waals surface area contributed by atoms with Crippen molar-refractivity contribution in [3.05, 3.63) is 66.1 Å². The second-order valence-corrected chi connectivity index (χ2v) is 5.91. The summed E-state index contributed by atoms with van der Waals surface area (Å²) in [6.07, 6.45) is -3.24. The van der Waals surface area contributed by atoms with Gasteiger partial charge in [-0.15, -0.1) is 37.1 Å². The van der Waals surface area contributed by atoms with E-state index in [0.29, 0.717) is 17.3 Å². The number of alkyl halides is 3. The minimum Gasteiger partial charge on any atom is -0.444 e. The number of anilines is 1. The summed E-state index contributed by atoms with van der Waals surface area (Å²) in [5.41, 5.74) is 8.85. The number of hydrogen-bond acceptors (Lipinski definition) is 4. The zero-order chi connectivity index (χ0) is 20.1. The van der Waals surface area contributed by atoms with Gasteiger partial charge < -0.3 is 20.2 Å². The van der Waals surface area contributed by atoms with Gasteiger partial charge in [0.15, 0.2) is 5.96 Å². The van der Waals surface area contributed by atoms with Crippen molar-refractivity contribution in [2.45, 2.75) is 19.8 Å². The van der Waals surface area contributed by atoms with Crippen molar-refractivity contribution in [1.82, 2.24) is 4.98 Å². The van der Waals surface area contributed by atoms with Gasteiger partial charge >= 0.3 is 6.36 Å². The van der Waals surface area contributed by atoms with E-state index in [9.17, 15) is 13.2 Å². The zero-order valence-electron chi connectivity index (χ0n) is 15.2.